The van der Waals surface area contributed by atoms with Gasteiger partial charge in [-0.1, -0.05) is 5.10 Å². The van der Waals surface area contributed by atoms with Crippen LogP contribution in [0.4, 0.5) is 10.4 Å². The van der Waals surface area contributed by atoms with Crippen molar-refractivity contribution in [2.45, 2.75) is 37.9 Å². The van der Waals surface area contributed by atoms with Crippen molar-refractivity contribution < 1.29 is 13.6 Å². The number of nitrogens with one attached hydrogen (secondary N) is 1. The van der Waals surface area contributed by atoms with E-state index in [-0.39, 0.29) is 24.5 Å². The summed E-state index contributed by atoms with van der Waals surface area (Å²) in [5.74, 6) is 0.153. The molecular weight excluding hydrogens is 275 g/mol. The van der Waals surface area contributed by atoms with Crippen LogP contribution in [0.3, 0.4) is 0 Å². The highest BCUT2D eigenvalue weighted by molar-refractivity contribution is 6.30. The number of carbonyl (C=O) groups excluding carboxylic acids is 1. The van der Waals surface area contributed by atoms with Gasteiger partial charge in [-0.3, -0.25) is 4.79 Å². The second-order valence-corrected chi connectivity index (χ2v) is 5.26. The maximum Gasteiger partial charge on any atom is 0.318 e. The van der Waals surface area contributed by atoms with E-state index >= 15 is 0 Å². The topological polar surface area (TPSA) is 71.3 Å². The van der Waals surface area contributed by atoms with E-state index < -0.39 is 11.5 Å². The van der Waals surface area contributed by atoms with Gasteiger partial charge in [0.1, 0.15) is 11.5 Å². The molecule has 6 nitrogen and oxygen atoms in total. The van der Waals surface area contributed by atoms with Gasteiger partial charge in [0.25, 0.3) is 0 Å². The lowest BCUT2D eigenvalue weighted by molar-refractivity contribution is -0.120. The van der Waals surface area contributed by atoms with E-state index in [4.69, 9.17) is 16.0 Å². The Morgan fingerprint density at radius 3 is 3.00 bits per heavy atom. The molecule has 0 saturated carbocycles. The molecule has 2 heterocycles. The van der Waals surface area contributed by atoms with Gasteiger partial charge >= 0.3 is 6.01 Å². The molecule has 1 fully saturated rings. The lowest BCUT2D eigenvalue weighted by atomic mass is 10.2. The molecule has 1 unspecified atom stereocenters. The molecule has 0 radical (unpaired) electrons. The molecule has 1 aromatic heterocycles. The van der Waals surface area contributed by atoms with Crippen LogP contribution in [-0.4, -0.2) is 46.8 Å². The van der Waals surface area contributed by atoms with Gasteiger partial charge in [-0.05, 0) is 6.92 Å². The average molecular weight is 291 g/mol. The number of aryl methyl sites for hydroxylation is 1. The van der Waals surface area contributed by atoms with E-state index in [0.717, 1.165) is 0 Å². The van der Waals surface area contributed by atoms with E-state index in [1.807, 2.05) is 0 Å². The van der Waals surface area contributed by atoms with Gasteiger partial charge in [0.15, 0.2) is 0 Å². The zero-order chi connectivity index (χ0) is 14.0. The van der Waals surface area contributed by atoms with Crippen LogP contribution in [0.2, 0.25) is 0 Å². The van der Waals surface area contributed by atoms with Crippen LogP contribution in [0.15, 0.2) is 4.42 Å². The van der Waals surface area contributed by atoms with Gasteiger partial charge in [-0.25, -0.2) is 4.39 Å². The first-order valence-corrected chi connectivity index (χ1v) is 6.53. The Bertz CT molecular complexity index is 454. The van der Waals surface area contributed by atoms with Crippen molar-refractivity contribution in [2.75, 3.05) is 18.0 Å². The number of anilines is 1. The lowest BCUT2D eigenvalue weighted by Gasteiger charge is -2.22. The van der Waals surface area contributed by atoms with Crippen molar-refractivity contribution in [1.82, 2.24) is 15.5 Å². The summed E-state index contributed by atoms with van der Waals surface area (Å²) in [5.41, 5.74) is 0. The number of hydrogen-bond donors (Lipinski definition) is 1. The Hall–Kier alpha value is -1.37. The number of carbonyl (C=O) groups is 1. The lowest BCUT2D eigenvalue weighted by Crippen LogP contribution is -2.42. The largest absolute Gasteiger partial charge is 0.408 e. The summed E-state index contributed by atoms with van der Waals surface area (Å²) in [7, 11) is 0. The molecule has 106 valence electrons. The van der Waals surface area contributed by atoms with Crippen LogP contribution in [0.5, 0.6) is 0 Å². The van der Waals surface area contributed by atoms with Crippen molar-refractivity contribution in [3.05, 3.63) is 5.89 Å². The van der Waals surface area contributed by atoms with Gasteiger partial charge in [0.2, 0.25) is 11.8 Å². The van der Waals surface area contributed by atoms with E-state index in [9.17, 15) is 9.18 Å². The van der Waals surface area contributed by atoms with Crippen molar-refractivity contribution in [2.24, 2.45) is 0 Å². The van der Waals surface area contributed by atoms with Gasteiger partial charge in [0, 0.05) is 19.9 Å². The molecule has 0 spiro atoms. The number of nitrogens with zero attached hydrogens (tertiary/aromatic N) is 3. The number of rotatable bonds is 4. The van der Waals surface area contributed by atoms with Crippen molar-refractivity contribution >= 4 is 23.5 Å². The summed E-state index contributed by atoms with van der Waals surface area (Å²) in [5, 5.41) is 9.68. The maximum atomic E-state index is 13.5. The molecule has 1 N–H and O–H groups in total. The molecule has 0 aliphatic carbocycles. The number of halogens is 2. The van der Waals surface area contributed by atoms with Gasteiger partial charge in [-0.15, -0.1) is 16.7 Å². The fourth-order valence-electron chi connectivity index (χ4n) is 2.05. The van der Waals surface area contributed by atoms with Crippen LogP contribution >= 0.6 is 11.6 Å². The van der Waals surface area contributed by atoms with Gasteiger partial charge in [0.05, 0.1) is 12.6 Å². The minimum atomic E-state index is -0.970. The van der Waals surface area contributed by atoms with Crippen molar-refractivity contribution in [1.29, 1.82) is 0 Å². The second-order valence-electron chi connectivity index (χ2n) is 4.60. The molecule has 1 amide bonds. The number of alkyl halides is 2. The summed E-state index contributed by atoms with van der Waals surface area (Å²) < 4.78 is 18.8. The summed E-state index contributed by atoms with van der Waals surface area (Å²) in [6.07, 6.45) is -0.652. The van der Waals surface area contributed by atoms with Crippen LogP contribution in [0.1, 0.15) is 19.2 Å². The monoisotopic (exact) mass is 290 g/mol. The highest BCUT2D eigenvalue weighted by Crippen LogP contribution is 2.25. The highest BCUT2D eigenvalue weighted by Gasteiger charge is 2.35. The Kier molecular flexibility index (Phi) is 4.24. The standard InChI is InChI=1S/C11H16ClFN4O2/c1-6(12)10(18)14-4-9-3-8(13)5-17(9)11-16-15-7(2)19-11/h6,8-9H,3-5H2,1-2H3,(H,14,18)/t6?,8-,9-/m0/s1. The van der Waals surface area contributed by atoms with E-state index in [2.05, 4.69) is 15.5 Å². The number of hydrogen-bond acceptors (Lipinski definition) is 5. The first-order chi connectivity index (χ1) is 8.97. The third-order valence-electron chi connectivity index (χ3n) is 3.00. The second kappa shape index (κ2) is 5.73. The maximum absolute atomic E-state index is 13.5. The van der Waals surface area contributed by atoms with Crippen LogP contribution in [0, 0.1) is 6.92 Å². The van der Waals surface area contributed by atoms with E-state index in [1.54, 1.807) is 18.7 Å². The highest BCUT2D eigenvalue weighted by atomic mass is 35.5. The quantitative estimate of drug-likeness (QED) is 0.839. The fourth-order valence-corrected chi connectivity index (χ4v) is 2.13. The van der Waals surface area contributed by atoms with Crippen molar-refractivity contribution in [3.8, 4) is 0 Å². The predicted octanol–water partition coefficient (Wildman–Crippen LogP) is 1.04. The summed E-state index contributed by atoms with van der Waals surface area (Å²) >= 11 is 5.66. The number of aromatic nitrogens is 2. The molecule has 2 rings (SSSR count). The first-order valence-electron chi connectivity index (χ1n) is 6.10. The van der Waals surface area contributed by atoms with Crippen molar-refractivity contribution in [3.63, 3.8) is 0 Å². The summed E-state index contributed by atoms with van der Waals surface area (Å²) in [6, 6.07) is 0.0880. The van der Waals surface area contributed by atoms with Gasteiger partial charge in [-0.2, -0.15) is 0 Å². The average Bonchev–Trinajstić information content (AvgIpc) is 2.92. The first kappa shape index (κ1) is 14.0. The molecule has 1 saturated heterocycles. The third kappa shape index (κ3) is 3.34. The summed E-state index contributed by atoms with van der Waals surface area (Å²) in [6.45, 7) is 3.75. The van der Waals surface area contributed by atoms with Crippen LogP contribution in [-0.2, 0) is 4.79 Å². The fraction of sp³-hybridized carbons (Fsp3) is 0.727. The van der Waals surface area contributed by atoms with Gasteiger partial charge < -0.3 is 14.6 Å². The smallest absolute Gasteiger partial charge is 0.318 e. The molecule has 3 atom stereocenters. The molecule has 0 bridgehead atoms. The zero-order valence-electron chi connectivity index (χ0n) is 10.8. The molecule has 1 aromatic rings. The third-order valence-corrected chi connectivity index (χ3v) is 3.20. The summed E-state index contributed by atoms with van der Waals surface area (Å²) in [4.78, 5) is 13.1. The van der Waals surface area contributed by atoms with E-state index in [0.29, 0.717) is 18.9 Å². The van der Waals surface area contributed by atoms with Crippen LogP contribution < -0.4 is 10.2 Å². The zero-order valence-corrected chi connectivity index (χ0v) is 11.5. The molecule has 1 aliphatic rings. The van der Waals surface area contributed by atoms with E-state index in [1.165, 1.54) is 0 Å². The molecular formula is C11H16ClFN4O2. The minimum absolute atomic E-state index is 0.193. The Labute approximate surface area is 115 Å². The SMILES string of the molecule is Cc1nnc(N2C[C@@H](F)C[C@H]2CNC(=O)C(C)Cl)o1. The Morgan fingerprint density at radius 1 is 1.68 bits per heavy atom. The minimum Gasteiger partial charge on any atom is -0.408 e. The normalized spacial score (nSPS) is 24.5. The molecule has 1 aliphatic heterocycles. The Morgan fingerprint density at radius 2 is 2.42 bits per heavy atom. The number of amides is 1. The molecule has 19 heavy (non-hydrogen) atoms. The molecule has 0 aromatic carbocycles. The molecule has 8 heteroatoms. The van der Waals surface area contributed by atoms with Crippen LogP contribution in [0.25, 0.3) is 0 Å². The Balaban J connectivity index is 2.00. The predicted molar refractivity (Wildman–Crippen MR) is 68.0 cm³/mol.